The number of nitrogens with zero attached hydrogens (tertiary/aromatic N) is 1. The van der Waals surface area contributed by atoms with Crippen LogP contribution in [0.25, 0.3) is 6.08 Å². The molecule has 0 bridgehead atoms. The van der Waals surface area contributed by atoms with E-state index in [9.17, 15) is 24.1 Å². The molecule has 0 heterocycles. The first-order valence-corrected chi connectivity index (χ1v) is 6.84. The van der Waals surface area contributed by atoms with Crippen molar-refractivity contribution in [2.45, 2.75) is 0 Å². The first-order valence-electron chi connectivity index (χ1n) is 6.84. The van der Waals surface area contributed by atoms with Crippen LogP contribution < -0.4 is 0 Å². The summed E-state index contributed by atoms with van der Waals surface area (Å²) in [6, 6.07) is 10.5. The molecule has 2 aromatic carbocycles. The standard InChI is InChI=1S/C17H12FNO5/c18-14-6-4-13(5-7-14)16(20)11-24-17(21)10-3-12-1-8-15(9-2-12)19(22)23/h1-10H,11H2. The monoisotopic (exact) mass is 329 g/mol. The van der Waals surface area contributed by atoms with Gasteiger partial charge in [-0.15, -0.1) is 0 Å². The Morgan fingerprint density at radius 2 is 1.71 bits per heavy atom. The van der Waals surface area contributed by atoms with Gasteiger partial charge in [-0.1, -0.05) is 0 Å². The Hall–Kier alpha value is -3.35. The molecular weight excluding hydrogens is 317 g/mol. The minimum Gasteiger partial charge on any atom is -0.454 e. The Bertz CT molecular complexity index is 782. The van der Waals surface area contributed by atoms with Crippen molar-refractivity contribution < 1.29 is 23.6 Å². The van der Waals surface area contributed by atoms with Crippen LogP contribution in [0.1, 0.15) is 15.9 Å². The lowest BCUT2D eigenvalue weighted by molar-refractivity contribution is -0.384. The molecule has 0 spiro atoms. The van der Waals surface area contributed by atoms with Gasteiger partial charge in [0.1, 0.15) is 5.82 Å². The second kappa shape index (κ2) is 7.77. The van der Waals surface area contributed by atoms with E-state index in [0.717, 1.165) is 18.2 Å². The van der Waals surface area contributed by atoms with Crippen molar-refractivity contribution in [3.05, 3.63) is 81.7 Å². The lowest BCUT2D eigenvalue weighted by atomic mass is 10.1. The van der Waals surface area contributed by atoms with Crippen LogP contribution in [0.3, 0.4) is 0 Å². The highest BCUT2D eigenvalue weighted by Gasteiger charge is 2.08. The molecule has 0 N–H and O–H groups in total. The molecule has 0 aliphatic rings. The number of ether oxygens (including phenoxy) is 1. The van der Waals surface area contributed by atoms with Crippen molar-refractivity contribution in [1.29, 1.82) is 0 Å². The number of hydrogen-bond acceptors (Lipinski definition) is 5. The van der Waals surface area contributed by atoms with Crippen LogP contribution in [-0.2, 0) is 9.53 Å². The van der Waals surface area contributed by atoms with E-state index in [0.29, 0.717) is 5.56 Å². The SMILES string of the molecule is O=C(C=Cc1ccc([N+](=O)[O-])cc1)OCC(=O)c1ccc(F)cc1. The maximum atomic E-state index is 12.8. The fourth-order valence-electron chi connectivity index (χ4n) is 1.78. The lowest BCUT2D eigenvalue weighted by Gasteiger charge is -2.02. The molecule has 2 rings (SSSR count). The van der Waals surface area contributed by atoms with E-state index in [4.69, 9.17) is 4.74 Å². The largest absolute Gasteiger partial charge is 0.454 e. The fraction of sp³-hybridized carbons (Fsp3) is 0.0588. The Labute approximate surface area is 136 Å². The normalized spacial score (nSPS) is 10.5. The number of non-ortho nitro benzene ring substituents is 1. The van der Waals surface area contributed by atoms with E-state index in [1.54, 1.807) is 0 Å². The summed E-state index contributed by atoms with van der Waals surface area (Å²) >= 11 is 0. The Morgan fingerprint density at radius 1 is 1.08 bits per heavy atom. The summed E-state index contributed by atoms with van der Waals surface area (Å²) in [7, 11) is 0. The summed E-state index contributed by atoms with van der Waals surface area (Å²) in [4.78, 5) is 33.3. The quantitative estimate of drug-likeness (QED) is 0.267. The molecule has 0 aromatic heterocycles. The highest BCUT2D eigenvalue weighted by molar-refractivity contribution is 5.98. The number of halogens is 1. The minimum absolute atomic E-state index is 0.0559. The number of esters is 1. The maximum Gasteiger partial charge on any atom is 0.331 e. The van der Waals surface area contributed by atoms with Crippen LogP contribution >= 0.6 is 0 Å². The lowest BCUT2D eigenvalue weighted by Crippen LogP contribution is -2.12. The van der Waals surface area contributed by atoms with Crippen LogP contribution in [-0.4, -0.2) is 23.3 Å². The van der Waals surface area contributed by atoms with Gasteiger partial charge in [0.15, 0.2) is 12.4 Å². The molecule has 0 radical (unpaired) electrons. The molecule has 24 heavy (non-hydrogen) atoms. The van der Waals surface area contributed by atoms with Gasteiger partial charge in [0.05, 0.1) is 4.92 Å². The van der Waals surface area contributed by atoms with Gasteiger partial charge in [0.2, 0.25) is 0 Å². The molecule has 0 unspecified atom stereocenters. The van der Waals surface area contributed by atoms with Crippen LogP contribution in [0.4, 0.5) is 10.1 Å². The van der Waals surface area contributed by atoms with Gasteiger partial charge in [-0.3, -0.25) is 14.9 Å². The van der Waals surface area contributed by atoms with Crippen LogP contribution in [0.2, 0.25) is 0 Å². The molecule has 0 saturated carbocycles. The van der Waals surface area contributed by atoms with Crippen LogP contribution in [0.5, 0.6) is 0 Å². The number of Topliss-reactive ketones (excluding diaryl/α,β-unsaturated/α-hetero) is 1. The summed E-state index contributed by atoms with van der Waals surface area (Å²) < 4.78 is 17.5. The molecule has 122 valence electrons. The van der Waals surface area contributed by atoms with E-state index in [2.05, 4.69) is 0 Å². The van der Waals surface area contributed by atoms with Gasteiger partial charge in [-0.25, -0.2) is 9.18 Å². The second-order valence-electron chi connectivity index (χ2n) is 4.72. The summed E-state index contributed by atoms with van der Waals surface area (Å²) in [6.45, 7) is -0.463. The van der Waals surface area contributed by atoms with E-state index in [1.807, 2.05) is 0 Å². The summed E-state index contributed by atoms with van der Waals surface area (Å²) in [5.41, 5.74) is 0.755. The molecular formula is C17H12FNO5. The number of nitro benzene ring substituents is 1. The number of benzene rings is 2. The number of rotatable bonds is 6. The van der Waals surface area contributed by atoms with E-state index < -0.39 is 29.1 Å². The van der Waals surface area contributed by atoms with Crippen LogP contribution in [0, 0.1) is 15.9 Å². The van der Waals surface area contributed by atoms with Crippen molar-refractivity contribution in [1.82, 2.24) is 0 Å². The molecule has 0 saturated heterocycles. The summed E-state index contributed by atoms with van der Waals surface area (Å²) in [5.74, 6) is -1.65. The van der Waals surface area contributed by atoms with E-state index >= 15 is 0 Å². The molecule has 0 atom stereocenters. The average molecular weight is 329 g/mol. The number of ketones is 1. The zero-order valence-electron chi connectivity index (χ0n) is 12.3. The Morgan fingerprint density at radius 3 is 2.29 bits per heavy atom. The van der Waals surface area contributed by atoms with Gasteiger partial charge < -0.3 is 4.74 Å². The zero-order valence-corrected chi connectivity index (χ0v) is 12.3. The van der Waals surface area contributed by atoms with Crippen molar-refractivity contribution in [2.24, 2.45) is 0 Å². The topological polar surface area (TPSA) is 86.5 Å². The van der Waals surface area contributed by atoms with Crippen molar-refractivity contribution in [2.75, 3.05) is 6.61 Å². The molecule has 0 aliphatic heterocycles. The highest BCUT2D eigenvalue weighted by atomic mass is 19.1. The van der Waals surface area contributed by atoms with Crippen molar-refractivity contribution >= 4 is 23.5 Å². The van der Waals surface area contributed by atoms with Crippen molar-refractivity contribution in [3.63, 3.8) is 0 Å². The Kier molecular flexibility index (Phi) is 5.51. The molecule has 6 nitrogen and oxygen atoms in total. The summed E-state index contributed by atoms with van der Waals surface area (Å²) in [6.07, 6.45) is 2.52. The number of carbonyl (C=O) groups is 2. The minimum atomic E-state index is -0.733. The van der Waals surface area contributed by atoms with Gasteiger partial charge in [0, 0.05) is 23.8 Å². The van der Waals surface area contributed by atoms with Crippen molar-refractivity contribution in [3.8, 4) is 0 Å². The third-order valence-electron chi connectivity index (χ3n) is 3.03. The predicted octanol–water partition coefficient (Wildman–Crippen LogP) is 3.17. The third kappa shape index (κ3) is 4.84. The third-order valence-corrected chi connectivity index (χ3v) is 3.03. The molecule has 2 aromatic rings. The average Bonchev–Trinajstić information content (AvgIpc) is 2.58. The summed E-state index contributed by atoms with van der Waals surface area (Å²) in [5, 5.41) is 10.5. The van der Waals surface area contributed by atoms with E-state index in [-0.39, 0.29) is 11.3 Å². The van der Waals surface area contributed by atoms with Crippen LogP contribution in [0.15, 0.2) is 54.6 Å². The van der Waals surface area contributed by atoms with Gasteiger partial charge in [-0.05, 0) is 48.0 Å². The second-order valence-corrected chi connectivity index (χ2v) is 4.72. The number of hydrogen-bond donors (Lipinski definition) is 0. The zero-order chi connectivity index (χ0) is 17.5. The highest BCUT2D eigenvalue weighted by Crippen LogP contribution is 2.13. The van der Waals surface area contributed by atoms with E-state index in [1.165, 1.54) is 42.5 Å². The Balaban J connectivity index is 1.87. The first kappa shape index (κ1) is 17.0. The molecule has 0 fully saturated rings. The molecule has 0 amide bonds. The predicted molar refractivity (Wildman–Crippen MR) is 83.8 cm³/mol. The fourth-order valence-corrected chi connectivity index (χ4v) is 1.78. The van der Waals surface area contributed by atoms with Gasteiger partial charge in [0.25, 0.3) is 5.69 Å². The number of nitro groups is 1. The maximum absolute atomic E-state index is 12.8. The van der Waals surface area contributed by atoms with Gasteiger partial charge >= 0.3 is 5.97 Å². The molecule has 0 aliphatic carbocycles. The smallest absolute Gasteiger partial charge is 0.331 e. The molecule has 7 heteroatoms. The van der Waals surface area contributed by atoms with Gasteiger partial charge in [-0.2, -0.15) is 0 Å². The first-order chi connectivity index (χ1) is 11.5. The number of carbonyl (C=O) groups excluding carboxylic acids is 2.